The molecule has 2 aromatic rings. The Balaban J connectivity index is 0.000000605. The third-order valence-electron chi connectivity index (χ3n) is 1.40. The number of fused-ring (bicyclic) bond motifs is 1. The second-order valence-corrected chi connectivity index (χ2v) is 2.06. The first-order chi connectivity index (χ1) is 4.88. The van der Waals surface area contributed by atoms with Gasteiger partial charge in [-0.1, -0.05) is 0 Å². The van der Waals surface area contributed by atoms with Crippen molar-refractivity contribution in [2.45, 2.75) is 0 Å². The normalized spacial score (nSPS) is 9.45. The van der Waals surface area contributed by atoms with E-state index in [0.29, 0.717) is 5.69 Å². The van der Waals surface area contributed by atoms with Crippen LogP contribution < -0.4 is 5.73 Å². The number of nitrogens with zero attached hydrogens (tertiary/aromatic N) is 2. The van der Waals surface area contributed by atoms with Gasteiger partial charge in [0, 0.05) is 5.39 Å². The molecule has 0 aromatic carbocycles. The minimum absolute atomic E-state index is 0. The molecule has 0 radical (unpaired) electrons. The number of nitrogens with two attached hydrogens (primary N) is 1. The zero-order chi connectivity index (χ0) is 6.97. The maximum Gasteiger partial charge on any atom is 0.0854 e. The Morgan fingerprint density at radius 3 is 2.82 bits per heavy atom. The van der Waals surface area contributed by atoms with E-state index in [9.17, 15) is 0 Å². The van der Waals surface area contributed by atoms with Crippen LogP contribution in [0.25, 0.3) is 10.9 Å². The van der Waals surface area contributed by atoms with Crippen molar-refractivity contribution >= 4 is 29.0 Å². The Labute approximate surface area is 69.2 Å². The summed E-state index contributed by atoms with van der Waals surface area (Å²) in [6.07, 6.45) is 4.99. The predicted octanol–water partition coefficient (Wildman–Crippen LogP) is 0.962. The topological polar surface area (TPSA) is 67.6 Å². The fourth-order valence-electron chi connectivity index (χ4n) is 0.886. The number of nitrogens with one attached hydrogen (secondary N) is 1. The quantitative estimate of drug-likeness (QED) is 0.619. The largest absolute Gasteiger partial charge is 0.397 e. The maximum absolute atomic E-state index is 5.58. The van der Waals surface area contributed by atoms with E-state index in [-0.39, 0.29) is 12.4 Å². The molecule has 2 heterocycles. The molecule has 0 aliphatic carbocycles. The Kier molecular flexibility index (Phi) is 1.96. The smallest absolute Gasteiger partial charge is 0.0854 e. The van der Waals surface area contributed by atoms with Gasteiger partial charge in [0.15, 0.2) is 0 Å². The number of nitrogen functional groups attached to an aromatic ring is 1. The highest BCUT2D eigenvalue weighted by atomic mass is 35.5. The molecular weight excluding hydrogens is 164 g/mol. The van der Waals surface area contributed by atoms with Crippen molar-refractivity contribution in [1.29, 1.82) is 0 Å². The van der Waals surface area contributed by atoms with Crippen molar-refractivity contribution in [3.8, 4) is 0 Å². The van der Waals surface area contributed by atoms with E-state index in [4.69, 9.17) is 5.73 Å². The lowest BCUT2D eigenvalue weighted by atomic mass is 10.3. The van der Waals surface area contributed by atoms with Crippen LogP contribution >= 0.6 is 12.4 Å². The summed E-state index contributed by atoms with van der Waals surface area (Å²) < 4.78 is 0. The summed E-state index contributed by atoms with van der Waals surface area (Å²) in [5, 5.41) is 7.51. The highest BCUT2D eigenvalue weighted by molar-refractivity contribution is 5.88. The van der Waals surface area contributed by atoms with Crippen LogP contribution in [0.2, 0.25) is 0 Å². The van der Waals surface area contributed by atoms with E-state index < -0.39 is 0 Å². The van der Waals surface area contributed by atoms with Crippen LogP contribution in [0.1, 0.15) is 0 Å². The molecule has 0 saturated carbocycles. The monoisotopic (exact) mass is 170 g/mol. The van der Waals surface area contributed by atoms with E-state index in [0.717, 1.165) is 10.9 Å². The lowest BCUT2D eigenvalue weighted by Crippen LogP contribution is -1.85. The molecule has 0 aliphatic heterocycles. The van der Waals surface area contributed by atoms with Crippen molar-refractivity contribution < 1.29 is 0 Å². The van der Waals surface area contributed by atoms with Crippen molar-refractivity contribution in [2.75, 3.05) is 5.73 Å². The van der Waals surface area contributed by atoms with Crippen LogP contribution in [0.3, 0.4) is 0 Å². The van der Waals surface area contributed by atoms with Gasteiger partial charge < -0.3 is 5.73 Å². The molecule has 3 N–H and O–H groups in total. The van der Waals surface area contributed by atoms with Gasteiger partial charge in [0.2, 0.25) is 0 Å². The molecule has 2 aromatic heterocycles. The van der Waals surface area contributed by atoms with Crippen LogP contribution in [-0.4, -0.2) is 15.2 Å². The number of halogens is 1. The Hall–Kier alpha value is -1.29. The summed E-state index contributed by atoms with van der Waals surface area (Å²) in [5.74, 6) is 0. The molecule has 5 heteroatoms. The number of hydrogen-bond donors (Lipinski definition) is 2. The molecule has 0 unspecified atom stereocenters. The lowest BCUT2D eigenvalue weighted by Gasteiger charge is -1.90. The molecule has 0 amide bonds. The molecule has 0 atom stereocenters. The summed E-state index contributed by atoms with van der Waals surface area (Å²) in [4.78, 5) is 3.89. The van der Waals surface area contributed by atoms with Gasteiger partial charge in [-0.2, -0.15) is 5.10 Å². The second kappa shape index (κ2) is 2.75. The van der Waals surface area contributed by atoms with Crippen LogP contribution in [0.5, 0.6) is 0 Å². The minimum Gasteiger partial charge on any atom is -0.397 e. The molecule has 2 rings (SSSR count). The zero-order valence-electron chi connectivity index (χ0n) is 5.61. The summed E-state index contributed by atoms with van der Waals surface area (Å²) in [5.41, 5.74) is 7.11. The lowest BCUT2D eigenvalue weighted by molar-refractivity contribution is 1.11. The number of aromatic nitrogens is 3. The number of hydrogen-bond acceptors (Lipinski definition) is 3. The molecule has 0 fully saturated rings. The molecular formula is C6H7ClN4. The van der Waals surface area contributed by atoms with Crippen molar-refractivity contribution in [1.82, 2.24) is 15.2 Å². The molecule has 11 heavy (non-hydrogen) atoms. The Morgan fingerprint density at radius 2 is 2.09 bits per heavy atom. The Morgan fingerprint density at radius 1 is 1.27 bits per heavy atom. The average Bonchev–Trinajstić information content (AvgIpc) is 2.36. The molecule has 0 saturated heterocycles. The molecule has 4 nitrogen and oxygen atoms in total. The number of aromatic amines is 1. The molecule has 0 aliphatic rings. The zero-order valence-corrected chi connectivity index (χ0v) is 6.43. The second-order valence-electron chi connectivity index (χ2n) is 2.06. The SMILES string of the molecule is Cl.Nc1cncc2[nH]ncc12. The van der Waals surface area contributed by atoms with Crippen LogP contribution in [0.15, 0.2) is 18.6 Å². The van der Waals surface area contributed by atoms with Gasteiger partial charge in [-0.05, 0) is 0 Å². The average molecular weight is 171 g/mol. The number of pyridine rings is 1. The highest BCUT2D eigenvalue weighted by Gasteiger charge is 1.96. The third kappa shape index (κ3) is 1.12. The van der Waals surface area contributed by atoms with Gasteiger partial charge in [-0.25, -0.2) is 0 Å². The first-order valence-corrected chi connectivity index (χ1v) is 2.90. The summed E-state index contributed by atoms with van der Waals surface area (Å²) in [6, 6.07) is 0. The third-order valence-corrected chi connectivity index (χ3v) is 1.40. The van der Waals surface area contributed by atoms with Gasteiger partial charge in [-0.15, -0.1) is 12.4 Å². The van der Waals surface area contributed by atoms with Crippen molar-refractivity contribution in [3.63, 3.8) is 0 Å². The highest BCUT2D eigenvalue weighted by Crippen LogP contribution is 2.14. The van der Waals surface area contributed by atoms with Crippen LogP contribution in [-0.2, 0) is 0 Å². The maximum atomic E-state index is 5.58. The van der Waals surface area contributed by atoms with Crippen LogP contribution in [0, 0.1) is 0 Å². The standard InChI is InChI=1S/C6H6N4.ClH/c7-5-2-8-3-6-4(5)1-9-10-6;/h1-3H,7H2,(H,9,10);1H. The van der Waals surface area contributed by atoms with E-state index in [1.807, 2.05) is 0 Å². The van der Waals surface area contributed by atoms with E-state index in [1.165, 1.54) is 0 Å². The van der Waals surface area contributed by atoms with Crippen molar-refractivity contribution in [3.05, 3.63) is 18.6 Å². The van der Waals surface area contributed by atoms with Gasteiger partial charge in [0.25, 0.3) is 0 Å². The van der Waals surface area contributed by atoms with Crippen LogP contribution in [0.4, 0.5) is 5.69 Å². The predicted molar refractivity (Wildman–Crippen MR) is 45.5 cm³/mol. The number of anilines is 1. The number of rotatable bonds is 0. The fraction of sp³-hybridized carbons (Fsp3) is 0. The van der Waals surface area contributed by atoms with E-state index in [1.54, 1.807) is 18.6 Å². The first kappa shape index (κ1) is 7.81. The van der Waals surface area contributed by atoms with Gasteiger partial charge in [-0.3, -0.25) is 10.1 Å². The van der Waals surface area contributed by atoms with Gasteiger partial charge in [0.05, 0.1) is 29.8 Å². The molecule has 58 valence electrons. The summed E-state index contributed by atoms with van der Waals surface area (Å²) in [7, 11) is 0. The molecule has 0 spiro atoms. The van der Waals surface area contributed by atoms with E-state index >= 15 is 0 Å². The Bertz CT molecular complexity index is 356. The number of H-pyrrole nitrogens is 1. The van der Waals surface area contributed by atoms with Gasteiger partial charge >= 0.3 is 0 Å². The summed E-state index contributed by atoms with van der Waals surface area (Å²) >= 11 is 0. The van der Waals surface area contributed by atoms with Crippen molar-refractivity contribution in [2.24, 2.45) is 0 Å². The minimum atomic E-state index is 0. The fourth-order valence-corrected chi connectivity index (χ4v) is 0.886. The summed E-state index contributed by atoms with van der Waals surface area (Å²) in [6.45, 7) is 0. The van der Waals surface area contributed by atoms with Gasteiger partial charge in [0.1, 0.15) is 0 Å². The molecule has 0 bridgehead atoms. The first-order valence-electron chi connectivity index (χ1n) is 2.90. The van der Waals surface area contributed by atoms with E-state index in [2.05, 4.69) is 15.2 Å².